The lowest BCUT2D eigenvalue weighted by atomic mass is 9.86. The van der Waals surface area contributed by atoms with Gasteiger partial charge < -0.3 is 14.7 Å². The number of amides is 3. The number of hydrogen-bond acceptors (Lipinski definition) is 3. The summed E-state index contributed by atoms with van der Waals surface area (Å²) in [6, 6.07) is 0.218. The fourth-order valence-corrected chi connectivity index (χ4v) is 4.77. The molecule has 0 N–H and O–H groups in total. The van der Waals surface area contributed by atoms with Crippen molar-refractivity contribution >= 4 is 11.9 Å². The monoisotopic (exact) mass is 348 g/mol. The number of carbonyl (C=O) groups is 2. The van der Waals surface area contributed by atoms with Crippen molar-refractivity contribution in [3.05, 3.63) is 0 Å². The zero-order valence-corrected chi connectivity index (χ0v) is 15.6. The number of hydrogen-bond donors (Lipinski definition) is 0. The summed E-state index contributed by atoms with van der Waals surface area (Å²) in [5.41, 5.74) is -0.0262. The van der Waals surface area contributed by atoms with Crippen LogP contribution in [-0.4, -0.2) is 89.9 Å². The number of likely N-dealkylation sites (tertiary alicyclic amines) is 2. The van der Waals surface area contributed by atoms with Crippen molar-refractivity contribution < 1.29 is 9.59 Å². The number of nitrogens with zero attached hydrogens (tertiary/aromatic N) is 4. The topological polar surface area (TPSA) is 47.1 Å². The Balaban J connectivity index is 1.44. The molecule has 3 aliphatic heterocycles. The highest BCUT2D eigenvalue weighted by atomic mass is 16.2. The Morgan fingerprint density at radius 1 is 1.04 bits per heavy atom. The van der Waals surface area contributed by atoms with Crippen molar-refractivity contribution in [2.45, 2.75) is 50.5 Å². The molecule has 1 spiro atoms. The van der Waals surface area contributed by atoms with Crippen LogP contribution in [0.4, 0.5) is 4.79 Å². The van der Waals surface area contributed by atoms with E-state index in [2.05, 4.69) is 21.7 Å². The van der Waals surface area contributed by atoms with Gasteiger partial charge in [-0.05, 0) is 51.5 Å². The lowest BCUT2D eigenvalue weighted by Crippen LogP contribution is -2.63. The molecule has 0 unspecified atom stereocenters. The van der Waals surface area contributed by atoms with E-state index in [0.29, 0.717) is 12.3 Å². The molecular formula is C19H32N4O2. The predicted molar refractivity (Wildman–Crippen MR) is 96.3 cm³/mol. The normalized spacial score (nSPS) is 31.7. The second kappa shape index (κ2) is 6.78. The van der Waals surface area contributed by atoms with E-state index < -0.39 is 0 Å². The van der Waals surface area contributed by atoms with Crippen LogP contribution < -0.4 is 0 Å². The number of urea groups is 1. The maximum atomic E-state index is 12.9. The third kappa shape index (κ3) is 3.50. The number of carbonyl (C=O) groups excluding carboxylic acids is 2. The van der Waals surface area contributed by atoms with Crippen molar-refractivity contribution in [2.24, 2.45) is 5.92 Å². The zero-order chi connectivity index (χ0) is 17.4. The summed E-state index contributed by atoms with van der Waals surface area (Å²) in [5.74, 6) is 1.07. The van der Waals surface area contributed by atoms with Gasteiger partial charge in [-0.25, -0.2) is 4.79 Å². The smallest absolute Gasteiger partial charge is 0.320 e. The molecular weight excluding hydrogens is 316 g/mol. The van der Waals surface area contributed by atoms with Crippen LogP contribution in [0.25, 0.3) is 0 Å². The van der Waals surface area contributed by atoms with E-state index in [4.69, 9.17) is 0 Å². The van der Waals surface area contributed by atoms with E-state index in [1.807, 2.05) is 4.90 Å². The Morgan fingerprint density at radius 2 is 1.80 bits per heavy atom. The highest BCUT2D eigenvalue weighted by Crippen LogP contribution is 2.35. The second-order valence-corrected chi connectivity index (χ2v) is 8.58. The number of rotatable bonds is 2. The standard InChI is InChI=1S/C19H32N4O2/c1-20-12-13-23(18(25)21-9-2-3-10-21)15-19(20)7-6-17(24)22(11-8-19)14-16-4-5-16/h16H,2-15H2,1H3/t19-/m1/s1. The van der Waals surface area contributed by atoms with Gasteiger partial charge in [-0.2, -0.15) is 0 Å². The molecule has 6 heteroatoms. The molecule has 0 bridgehead atoms. The minimum atomic E-state index is -0.0262. The third-order valence-electron chi connectivity index (χ3n) is 6.83. The van der Waals surface area contributed by atoms with Gasteiger partial charge in [0.1, 0.15) is 0 Å². The molecule has 4 fully saturated rings. The summed E-state index contributed by atoms with van der Waals surface area (Å²) >= 11 is 0. The minimum absolute atomic E-state index is 0.0262. The van der Waals surface area contributed by atoms with Crippen molar-refractivity contribution in [1.29, 1.82) is 0 Å². The molecule has 1 atom stereocenters. The van der Waals surface area contributed by atoms with Crippen LogP contribution in [0.15, 0.2) is 0 Å². The number of piperazine rings is 1. The van der Waals surface area contributed by atoms with Gasteiger partial charge in [-0.15, -0.1) is 0 Å². The highest BCUT2D eigenvalue weighted by molar-refractivity contribution is 5.77. The van der Waals surface area contributed by atoms with Crippen molar-refractivity contribution in [3.8, 4) is 0 Å². The van der Waals surface area contributed by atoms with Crippen LogP contribution in [0.1, 0.15) is 44.9 Å². The van der Waals surface area contributed by atoms with Crippen LogP contribution in [0, 0.1) is 5.92 Å². The van der Waals surface area contributed by atoms with Crippen molar-refractivity contribution in [1.82, 2.24) is 19.6 Å². The first-order valence-electron chi connectivity index (χ1n) is 10.1. The number of likely N-dealkylation sites (N-methyl/N-ethyl adjacent to an activating group) is 1. The summed E-state index contributed by atoms with van der Waals surface area (Å²) in [7, 11) is 2.18. The lowest BCUT2D eigenvalue weighted by molar-refractivity contribution is -0.130. The molecule has 1 aliphatic carbocycles. The third-order valence-corrected chi connectivity index (χ3v) is 6.83. The summed E-state index contributed by atoms with van der Waals surface area (Å²) in [6.07, 6.45) is 7.34. The quantitative estimate of drug-likeness (QED) is 0.762. The summed E-state index contributed by atoms with van der Waals surface area (Å²) in [5, 5.41) is 0. The Labute approximate surface area is 151 Å². The van der Waals surface area contributed by atoms with E-state index >= 15 is 0 Å². The van der Waals surface area contributed by atoms with E-state index in [1.165, 1.54) is 12.8 Å². The maximum absolute atomic E-state index is 12.9. The summed E-state index contributed by atoms with van der Waals surface area (Å²) in [6.45, 7) is 6.13. The zero-order valence-electron chi connectivity index (χ0n) is 15.6. The molecule has 25 heavy (non-hydrogen) atoms. The van der Waals surface area contributed by atoms with E-state index in [-0.39, 0.29) is 11.6 Å². The first-order valence-corrected chi connectivity index (χ1v) is 10.1. The lowest BCUT2D eigenvalue weighted by Gasteiger charge is -2.49. The molecule has 3 saturated heterocycles. The first-order chi connectivity index (χ1) is 12.1. The average Bonchev–Trinajstić information content (AvgIpc) is 3.30. The van der Waals surface area contributed by atoms with E-state index in [9.17, 15) is 9.59 Å². The van der Waals surface area contributed by atoms with E-state index in [1.54, 1.807) is 0 Å². The fourth-order valence-electron chi connectivity index (χ4n) is 4.77. The Morgan fingerprint density at radius 3 is 2.52 bits per heavy atom. The molecule has 0 aromatic rings. The Kier molecular flexibility index (Phi) is 4.65. The molecule has 4 aliphatic rings. The van der Waals surface area contributed by atoms with Gasteiger partial charge >= 0.3 is 6.03 Å². The summed E-state index contributed by atoms with van der Waals surface area (Å²) in [4.78, 5) is 34.0. The van der Waals surface area contributed by atoms with Crippen molar-refractivity contribution in [3.63, 3.8) is 0 Å². The average molecular weight is 348 g/mol. The molecule has 0 aromatic heterocycles. The van der Waals surface area contributed by atoms with Crippen LogP contribution in [0.5, 0.6) is 0 Å². The largest absolute Gasteiger partial charge is 0.342 e. The van der Waals surface area contributed by atoms with Gasteiger partial charge in [0.15, 0.2) is 0 Å². The Hall–Kier alpha value is -1.30. The SMILES string of the molecule is CN1CCN(C(=O)N2CCCC2)C[C@]12CCC(=O)N(CC1CC1)CC2. The van der Waals surface area contributed by atoms with Gasteiger partial charge in [0.25, 0.3) is 0 Å². The van der Waals surface area contributed by atoms with Gasteiger partial charge in [-0.3, -0.25) is 9.69 Å². The molecule has 6 nitrogen and oxygen atoms in total. The molecule has 3 heterocycles. The fraction of sp³-hybridized carbons (Fsp3) is 0.895. The second-order valence-electron chi connectivity index (χ2n) is 8.58. The Bertz CT molecular complexity index is 530. The van der Waals surface area contributed by atoms with Gasteiger partial charge in [0, 0.05) is 57.8 Å². The van der Waals surface area contributed by atoms with Crippen LogP contribution in [0.3, 0.4) is 0 Å². The molecule has 0 aromatic carbocycles. The van der Waals surface area contributed by atoms with Crippen LogP contribution in [0.2, 0.25) is 0 Å². The van der Waals surface area contributed by atoms with Crippen molar-refractivity contribution in [2.75, 3.05) is 52.9 Å². The molecule has 140 valence electrons. The molecule has 1 saturated carbocycles. The summed E-state index contributed by atoms with van der Waals surface area (Å²) < 4.78 is 0. The maximum Gasteiger partial charge on any atom is 0.320 e. The molecule has 4 rings (SSSR count). The van der Waals surface area contributed by atoms with E-state index in [0.717, 1.165) is 77.4 Å². The van der Waals surface area contributed by atoms with Gasteiger partial charge in [0.2, 0.25) is 5.91 Å². The van der Waals surface area contributed by atoms with Gasteiger partial charge in [-0.1, -0.05) is 0 Å². The minimum Gasteiger partial charge on any atom is -0.342 e. The predicted octanol–water partition coefficient (Wildman–Crippen LogP) is 1.61. The van der Waals surface area contributed by atoms with Crippen LogP contribution in [-0.2, 0) is 4.79 Å². The molecule has 3 amide bonds. The van der Waals surface area contributed by atoms with Crippen LogP contribution >= 0.6 is 0 Å². The van der Waals surface area contributed by atoms with Gasteiger partial charge in [0.05, 0.1) is 0 Å². The first kappa shape index (κ1) is 17.1. The molecule has 0 radical (unpaired) electrons. The highest BCUT2D eigenvalue weighted by Gasteiger charge is 2.44.